The van der Waals surface area contributed by atoms with E-state index in [4.69, 9.17) is 5.11 Å². The molecule has 7 heteroatoms. The van der Waals surface area contributed by atoms with Crippen molar-refractivity contribution in [2.24, 2.45) is 5.92 Å². The van der Waals surface area contributed by atoms with Gasteiger partial charge in [0.25, 0.3) is 5.91 Å². The number of amides is 1. The van der Waals surface area contributed by atoms with Gasteiger partial charge in [-0.05, 0) is 44.8 Å². The molecular weight excluding hydrogens is 386 g/mol. The van der Waals surface area contributed by atoms with E-state index in [9.17, 15) is 9.59 Å². The number of thiophene rings is 1. The van der Waals surface area contributed by atoms with Crippen LogP contribution in [0, 0.1) is 5.92 Å². The molecule has 0 aliphatic heterocycles. The van der Waals surface area contributed by atoms with Crippen molar-refractivity contribution in [3.63, 3.8) is 0 Å². The summed E-state index contributed by atoms with van der Waals surface area (Å²) in [6, 6.07) is 1.74. The van der Waals surface area contributed by atoms with Gasteiger partial charge in [-0.25, -0.2) is 0 Å². The van der Waals surface area contributed by atoms with Gasteiger partial charge in [0.05, 0.1) is 19.1 Å². The lowest BCUT2D eigenvalue weighted by atomic mass is 10.1. The number of carbonyl (C=O) groups excluding carboxylic acids is 1. The van der Waals surface area contributed by atoms with E-state index in [1.165, 1.54) is 16.2 Å². The van der Waals surface area contributed by atoms with E-state index in [-0.39, 0.29) is 12.5 Å². The van der Waals surface area contributed by atoms with Gasteiger partial charge in [0.2, 0.25) is 0 Å². The van der Waals surface area contributed by atoms with Crippen LogP contribution in [-0.4, -0.2) is 35.0 Å². The zero-order chi connectivity index (χ0) is 13.9. The molecule has 1 atom stereocenters. The molecule has 0 spiro atoms. The number of halogens is 2. The maximum absolute atomic E-state index is 12.3. The minimum Gasteiger partial charge on any atom is -0.481 e. The molecule has 1 N–H and O–H groups in total. The van der Waals surface area contributed by atoms with Gasteiger partial charge in [-0.15, -0.1) is 11.3 Å². The van der Waals surface area contributed by atoms with Gasteiger partial charge in [0.15, 0.2) is 0 Å². The first-order valence-corrected chi connectivity index (χ1v) is 7.74. The fourth-order valence-electron chi connectivity index (χ4n) is 1.42. The largest absolute Gasteiger partial charge is 0.481 e. The summed E-state index contributed by atoms with van der Waals surface area (Å²) in [6.07, 6.45) is 0. The number of carbonyl (C=O) groups is 2. The molecule has 1 unspecified atom stereocenters. The molecule has 0 saturated carbocycles. The zero-order valence-electron chi connectivity index (χ0n) is 9.94. The van der Waals surface area contributed by atoms with Crippen LogP contribution < -0.4 is 0 Å². The Morgan fingerprint density at radius 2 is 2.11 bits per heavy atom. The van der Waals surface area contributed by atoms with Crippen molar-refractivity contribution in [3.05, 3.63) is 19.2 Å². The first-order valence-electron chi connectivity index (χ1n) is 5.33. The second-order valence-electron chi connectivity index (χ2n) is 3.82. The Kier molecular flexibility index (Phi) is 5.81. The highest BCUT2D eigenvalue weighted by molar-refractivity contribution is 9.12. The third-order valence-corrected chi connectivity index (χ3v) is 4.81. The van der Waals surface area contributed by atoms with Crippen LogP contribution in [0.15, 0.2) is 13.6 Å². The minimum atomic E-state index is -0.896. The molecular formula is C11H13Br2NO3S. The molecule has 1 aromatic rings. The summed E-state index contributed by atoms with van der Waals surface area (Å²) in [5, 5.41) is 8.88. The second kappa shape index (κ2) is 6.68. The summed E-state index contributed by atoms with van der Waals surface area (Å²) in [5.74, 6) is -1.62. The van der Waals surface area contributed by atoms with Crippen LogP contribution >= 0.6 is 43.2 Å². The predicted molar refractivity (Wildman–Crippen MR) is 78.1 cm³/mol. The summed E-state index contributed by atoms with van der Waals surface area (Å²) in [5.41, 5.74) is 0.561. The standard InChI is InChI=1S/C11H13Br2NO3S/c1-3-14(5-6(2)11(16)17)10(15)7-4-8(12)18-9(7)13/h4,6H,3,5H2,1-2H3,(H,16,17). The average molecular weight is 399 g/mol. The summed E-state index contributed by atoms with van der Waals surface area (Å²) in [6.45, 7) is 4.12. The van der Waals surface area contributed by atoms with Crippen LogP contribution in [0.5, 0.6) is 0 Å². The molecule has 100 valence electrons. The van der Waals surface area contributed by atoms with Crippen LogP contribution in [0.1, 0.15) is 24.2 Å². The Hall–Kier alpha value is -0.400. The Morgan fingerprint density at radius 1 is 1.50 bits per heavy atom. The van der Waals surface area contributed by atoms with Crippen molar-refractivity contribution < 1.29 is 14.7 Å². The molecule has 1 rings (SSSR count). The van der Waals surface area contributed by atoms with Crippen molar-refractivity contribution in [2.45, 2.75) is 13.8 Å². The van der Waals surface area contributed by atoms with Gasteiger partial charge in [0.1, 0.15) is 0 Å². The van der Waals surface area contributed by atoms with Gasteiger partial charge in [-0.1, -0.05) is 6.92 Å². The zero-order valence-corrected chi connectivity index (χ0v) is 13.9. The first-order chi connectivity index (χ1) is 8.36. The van der Waals surface area contributed by atoms with Gasteiger partial charge in [-0.3, -0.25) is 9.59 Å². The number of hydrogen-bond donors (Lipinski definition) is 1. The summed E-state index contributed by atoms with van der Waals surface area (Å²) < 4.78 is 1.61. The van der Waals surface area contributed by atoms with Gasteiger partial charge >= 0.3 is 5.97 Å². The van der Waals surface area contributed by atoms with E-state index in [1.54, 1.807) is 13.0 Å². The normalized spacial score (nSPS) is 12.2. The minimum absolute atomic E-state index is 0.153. The summed E-state index contributed by atoms with van der Waals surface area (Å²) >= 11 is 8.08. The van der Waals surface area contributed by atoms with E-state index >= 15 is 0 Å². The van der Waals surface area contributed by atoms with Crippen LogP contribution in [0.2, 0.25) is 0 Å². The highest BCUT2D eigenvalue weighted by Crippen LogP contribution is 2.32. The molecule has 0 aliphatic rings. The topological polar surface area (TPSA) is 57.6 Å². The third-order valence-electron chi connectivity index (χ3n) is 2.47. The Labute approximate surface area is 126 Å². The number of nitrogens with zero attached hydrogens (tertiary/aromatic N) is 1. The fourth-order valence-corrected chi connectivity index (χ4v) is 4.20. The monoisotopic (exact) mass is 397 g/mol. The molecule has 0 saturated heterocycles. The quantitative estimate of drug-likeness (QED) is 0.826. The number of carboxylic acids is 1. The fraction of sp³-hybridized carbons (Fsp3) is 0.455. The maximum Gasteiger partial charge on any atom is 0.308 e. The van der Waals surface area contributed by atoms with E-state index in [0.717, 1.165) is 7.57 Å². The molecule has 4 nitrogen and oxygen atoms in total. The smallest absolute Gasteiger partial charge is 0.308 e. The van der Waals surface area contributed by atoms with E-state index in [1.807, 2.05) is 6.92 Å². The van der Waals surface area contributed by atoms with E-state index in [0.29, 0.717) is 12.1 Å². The van der Waals surface area contributed by atoms with Crippen LogP contribution in [0.3, 0.4) is 0 Å². The number of hydrogen-bond acceptors (Lipinski definition) is 3. The number of rotatable bonds is 5. The lowest BCUT2D eigenvalue weighted by Gasteiger charge is -2.22. The van der Waals surface area contributed by atoms with Crippen molar-refractivity contribution in [3.8, 4) is 0 Å². The molecule has 0 fully saturated rings. The Balaban J connectivity index is 2.86. The molecule has 0 radical (unpaired) electrons. The molecule has 18 heavy (non-hydrogen) atoms. The SMILES string of the molecule is CCN(CC(C)C(=O)O)C(=O)c1cc(Br)sc1Br. The van der Waals surface area contributed by atoms with Gasteiger partial charge in [-0.2, -0.15) is 0 Å². The highest BCUT2D eigenvalue weighted by Gasteiger charge is 2.23. The molecule has 0 aromatic carbocycles. The van der Waals surface area contributed by atoms with E-state index < -0.39 is 11.9 Å². The average Bonchev–Trinajstić information content (AvgIpc) is 2.63. The molecule has 1 aromatic heterocycles. The van der Waals surface area contributed by atoms with Crippen molar-refractivity contribution in [1.82, 2.24) is 4.90 Å². The second-order valence-corrected chi connectivity index (χ2v) is 7.57. The Bertz CT molecular complexity index is 461. The Morgan fingerprint density at radius 3 is 2.50 bits per heavy atom. The van der Waals surface area contributed by atoms with Gasteiger partial charge in [0, 0.05) is 13.1 Å². The lowest BCUT2D eigenvalue weighted by Crippen LogP contribution is -2.36. The van der Waals surface area contributed by atoms with Crippen molar-refractivity contribution >= 4 is 55.1 Å². The van der Waals surface area contributed by atoms with Crippen molar-refractivity contribution in [1.29, 1.82) is 0 Å². The molecule has 1 heterocycles. The van der Waals surface area contributed by atoms with Gasteiger partial charge < -0.3 is 10.0 Å². The van der Waals surface area contributed by atoms with Crippen LogP contribution in [0.4, 0.5) is 0 Å². The third kappa shape index (κ3) is 3.80. The predicted octanol–water partition coefficient (Wildman–Crippen LogP) is 3.46. The van der Waals surface area contributed by atoms with Crippen LogP contribution in [-0.2, 0) is 4.79 Å². The molecule has 0 aliphatic carbocycles. The highest BCUT2D eigenvalue weighted by atomic mass is 79.9. The van der Waals surface area contributed by atoms with Crippen molar-refractivity contribution in [2.75, 3.05) is 13.1 Å². The van der Waals surface area contributed by atoms with E-state index in [2.05, 4.69) is 31.9 Å². The number of carboxylic acid groups (broad SMARTS) is 1. The molecule has 1 amide bonds. The van der Waals surface area contributed by atoms with Crippen LogP contribution in [0.25, 0.3) is 0 Å². The number of aliphatic carboxylic acids is 1. The molecule has 0 bridgehead atoms. The first kappa shape index (κ1) is 15.7. The summed E-state index contributed by atoms with van der Waals surface area (Å²) in [4.78, 5) is 24.6. The summed E-state index contributed by atoms with van der Waals surface area (Å²) in [7, 11) is 0. The lowest BCUT2D eigenvalue weighted by molar-refractivity contribution is -0.141. The maximum atomic E-state index is 12.3.